The van der Waals surface area contributed by atoms with E-state index in [1.165, 1.54) is 41.7 Å². The molecule has 2 aromatic rings. The zero-order chi connectivity index (χ0) is 13.2. The molecule has 0 bridgehead atoms. The fourth-order valence-corrected chi connectivity index (χ4v) is 3.01. The van der Waals surface area contributed by atoms with E-state index in [2.05, 4.69) is 53.2 Å². The fraction of sp³-hybridized carbons (Fsp3) is 0.500. The molecule has 3 rings (SSSR count). The Balaban J connectivity index is 1.72. The van der Waals surface area contributed by atoms with E-state index in [9.17, 15) is 0 Å². The SMILES string of the molecule is Cc1cn(C)c2ccc(CCN3CCNCC3)cc12. The Morgan fingerprint density at radius 2 is 2.00 bits per heavy atom. The van der Waals surface area contributed by atoms with Crippen molar-refractivity contribution in [1.29, 1.82) is 0 Å². The lowest BCUT2D eigenvalue weighted by atomic mass is 10.1. The van der Waals surface area contributed by atoms with Crippen molar-refractivity contribution in [2.24, 2.45) is 7.05 Å². The normalized spacial score (nSPS) is 17.2. The van der Waals surface area contributed by atoms with Crippen LogP contribution >= 0.6 is 0 Å². The Hall–Kier alpha value is -1.32. The standard InChI is InChI=1S/C16H23N3/c1-13-12-18(2)16-4-3-14(11-15(13)16)5-8-19-9-6-17-7-10-19/h3-4,11-12,17H,5-10H2,1-2H3. The Kier molecular flexibility index (Phi) is 3.58. The van der Waals surface area contributed by atoms with Crippen molar-refractivity contribution in [2.75, 3.05) is 32.7 Å². The van der Waals surface area contributed by atoms with E-state index in [1.807, 2.05) is 0 Å². The molecule has 1 aliphatic rings. The molecule has 0 amide bonds. The smallest absolute Gasteiger partial charge is 0.0480 e. The third-order valence-corrected chi connectivity index (χ3v) is 4.18. The second-order valence-electron chi connectivity index (χ2n) is 5.62. The van der Waals surface area contributed by atoms with Gasteiger partial charge in [-0.25, -0.2) is 0 Å². The number of hydrogen-bond donors (Lipinski definition) is 1. The molecule has 1 saturated heterocycles. The monoisotopic (exact) mass is 257 g/mol. The van der Waals surface area contributed by atoms with Crippen molar-refractivity contribution in [3.05, 3.63) is 35.5 Å². The Bertz CT molecular complexity index is 565. The van der Waals surface area contributed by atoms with Gasteiger partial charge in [0.1, 0.15) is 0 Å². The molecule has 3 heteroatoms. The average molecular weight is 257 g/mol. The Morgan fingerprint density at radius 3 is 2.79 bits per heavy atom. The van der Waals surface area contributed by atoms with Gasteiger partial charge in [0.2, 0.25) is 0 Å². The maximum absolute atomic E-state index is 3.40. The third kappa shape index (κ3) is 2.67. The van der Waals surface area contributed by atoms with Gasteiger partial charge in [0, 0.05) is 56.9 Å². The summed E-state index contributed by atoms with van der Waals surface area (Å²) in [5, 5.41) is 4.81. The van der Waals surface area contributed by atoms with E-state index in [4.69, 9.17) is 0 Å². The van der Waals surface area contributed by atoms with Crippen molar-refractivity contribution in [3.63, 3.8) is 0 Å². The summed E-state index contributed by atoms with van der Waals surface area (Å²) in [6, 6.07) is 6.91. The van der Waals surface area contributed by atoms with Crippen molar-refractivity contribution >= 4 is 10.9 Å². The number of fused-ring (bicyclic) bond motifs is 1. The van der Waals surface area contributed by atoms with E-state index in [-0.39, 0.29) is 0 Å². The van der Waals surface area contributed by atoms with Gasteiger partial charge in [-0.2, -0.15) is 0 Å². The highest BCUT2D eigenvalue weighted by molar-refractivity contribution is 5.84. The summed E-state index contributed by atoms with van der Waals surface area (Å²) >= 11 is 0. The largest absolute Gasteiger partial charge is 0.350 e. The summed E-state index contributed by atoms with van der Waals surface area (Å²) in [4.78, 5) is 2.55. The number of piperazine rings is 1. The van der Waals surface area contributed by atoms with Crippen LogP contribution in [0.4, 0.5) is 0 Å². The highest BCUT2D eigenvalue weighted by Crippen LogP contribution is 2.21. The molecule has 1 aliphatic heterocycles. The van der Waals surface area contributed by atoms with Crippen LogP contribution in [0.5, 0.6) is 0 Å². The molecule has 0 unspecified atom stereocenters. The number of rotatable bonds is 3. The maximum atomic E-state index is 3.40. The van der Waals surface area contributed by atoms with Crippen molar-refractivity contribution in [1.82, 2.24) is 14.8 Å². The van der Waals surface area contributed by atoms with Gasteiger partial charge in [-0.15, -0.1) is 0 Å². The van der Waals surface area contributed by atoms with Crippen molar-refractivity contribution in [3.8, 4) is 0 Å². The molecule has 19 heavy (non-hydrogen) atoms. The van der Waals surface area contributed by atoms with Gasteiger partial charge in [-0.05, 0) is 36.6 Å². The minimum atomic E-state index is 1.14. The molecule has 1 N–H and O–H groups in total. The number of aryl methyl sites for hydroxylation is 2. The maximum Gasteiger partial charge on any atom is 0.0480 e. The predicted molar refractivity (Wildman–Crippen MR) is 80.7 cm³/mol. The van der Waals surface area contributed by atoms with Crippen LogP contribution in [0.3, 0.4) is 0 Å². The first-order chi connectivity index (χ1) is 9.24. The molecule has 102 valence electrons. The molecule has 0 spiro atoms. The van der Waals surface area contributed by atoms with Crippen LogP contribution in [0.25, 0.3) is 10.9 Å². The molecular weight excluding hydrogens is 234 g/mol. The number of aromatic nitrogens is 1. The molecule has 0 saturated carbocycles. The zero-order valence-electron chi connectivity index (χ0n) is 11.9. The molecule has 0 radical (unpaired) electrons. The zero-order valence-corrected chi connectivity index (χ0v) is 11.9. The first-order valence-electron chi connectivity index (χ1n) is 7.22. The van der Waals surface area contributed by atoms with Crippen LogP contribution < -0.4 is 5.32 Å². The van der Waals surface area contributed by atoms with Gasteiger partial charge in [0.05, 0.1) is 0 Å². The molecule has 1 aromatic heterocycles. The van der Waals surface area contributed by atoms with Gasteiger partial charge in [-0.1, -0.05) is 6.07 Å². The highest BCUT2D eigenvalue weighted by Gasteiger charge is 2.09. The summed E-state index contributed by atoms with van der Waals surface area (Å²) in [5.41, 5.74) is 4.17. The van der Waals surface area contributed by atoms with Gasteiger partial charge in [0.15, 0.2) is 0 Å². The minimum absolute atomic E-state index is 1.14. The van der Waals surface area contributed by atoms with E-state index >= 15 is 0 Å². The summed E-state index contributed by atoms with van der Waals surface area (Å²) < 4.78 is 2.21. The first kappa shape index (κ1) is 12.7. The van der Waals surface area contributed by atoms with Crippen LogP contribution in [0.2, 0.25) is 0 Å². The fourth-order valence-electron chi connectivity index (χ4n) is 3.01. The van der Waals surface area contributed by atoms with E-state index in [0.717, 1.165) is 19.5 Å². The third-order valence-electron chi connectivity index (χ3n) is 4.18. The van der Waals surface area contributed by atoms with Crippen LogP contribution in [0, 0.1) is 6.92 Å². The quantitative estimate of drug-likeness (QED) is 0.907. The predicted octanol–water partition coefficient (Wildman–Crippen LogP) is 1.93. The summed E-state index contributed by atoms with van der Waals surface area (Å²) in [5.74, 6) is 0. The minimum Gasteiger partial charge on any atom is -0.350 e. The lowest BCUT2D eigenvalue weighted by molar-refractivity contribution is 0.244. The lowest BCUT2D eigenvalue weighted by Crippen LogP contribution is -2.44. The second kappa shape index (κ2) is 5.35. The van der Waals surface area contributed by atoms with E-state index in [1.54, 1.807) is 0 Å². The molecule has 3 nitrogen and oxygen atoms in total. The Labute approximate surface area is 115 Å². The Morgan fingerprint density at radius 1 is 1.21 bits per heavy atom. The van der Waals surface area contributed by atoms with E-state index < -0.39 is 0 Å². The topological polar surface area (TPSA) is 20.2 Å². The van der Waals surface area contributed by atoms with Gasteiger partial charge in [0.25, 0.3) is 0 Å². The molecule has 0 atom stereocenters. The molecule has 0 aliphatic carbocycles. The van der Waals surface area contributed by atoms with Crippen LogP contribution in [-0.4, -0.2) is 42.2 Å². The van der Waals surface area contributed by atoms with Crippen molar-refractivity contribution in [2.45, 2.75) is 13.3 Å². The summed E-state index contributed by atoms with van der Waals surface area (Å²) in [7, 11) is 2.12. The lowest BCUT2D eigenvalue weighted by Gasteiger charge is -2.27. The number of hydrogen-bond acceptors (Lipinski definition) is 2. The summed E-state index contributed by atoms with van der Waals surface area (Å²) in [6.07, 6.45) is 3.37. The highest BCUT2D eigenvalue weighted by atomic mass is 15.2. The molecule has 1 fully saturated rings. The average Bonchev–Trinajstić information content (AvgIpc) is 2.73. The van der Waals surface area contributed by atoms with Crippen molar-refractivity contribution < 1.29 is 0 Å². The molecular formula is C16H23N3. The van der Waals surface area contributed by atoms with Crippen LogP contribution in [0.15, 0.2) is 24.4 Å². The van der Waals surface area contributed by atoms with Crippen LogP contribution in [-0.2, 0) is 13.5 Å². The van der Waals surface area contributed by atoms with E-state index in [0.29, 0.717) is 0 Å². The molecule has 1 aromatic carbocycles. The van der Waals surface area contributed by atoms with Gasteiger partial charge in [-0.3, -0.25) is 0 Å². The number of nitrogens with one attached hydrogen (secondary N) is 1. The summed E-state index contributed by atoms with van der Waals surface area (Å²) in [6.45, 7) is 8.02. The second-order valence-corrected chi connectivity index (χ2v) is 5.62. The van der Waals surface area contributed by atoms with Gasteiger partial charge < -0.3 is 14.8 Å². The first-order valence-corrected chi connectivity index (χ1v) is 7.22. The van der Waals surface area contributed by atoms with Crippen LogP contribution in [0.1, 0.15) is 11.1 Å². The van der Waals surface area contributed by atoms with Gasteiger partial charge >= 0.3 is 0 Å². The number of benzene rings is 1. The molecule has 2 heterocycles. The number of nitrogens with zero attached hydrogens (tertiary/aromatic N) is 2.